The summed E-state index contributed by atoms with van der Waals surface area (Å²) in [5.74, 6) is 0. The number of ether oxygens (including phenoxy) is 1. The van der Waals surface area contributed by atoms with Crippen LogP contribution in [0.25, 0.3) is 0 Å². The quantitative estimate of drug-likeness (QED) is 0.767. The highest BCUT2D eigenvalue weighted by molar-refractivity contribution is 9.10. The van der Waals surface area contributed by atoms with Gasteiger partial charge in [-0.3, -0.25) is 0 Å². The Morgan fingerprint density at radius 1 is 1.43 bits per heavy atom. The highest BCUT2D eigenvalue weighted by Crippen LogP contribution is 2.07. The molecule has 0 saturated heterocycles. The predicted molar refractivity (Wildman–Crippen MR) is 87.1 cm³/mol. The van der Waals surface area contributed by atoms with Gasteiger partial charge in [-0.05, 0) is 55.3 Å². The topological polar surface area (TPSA) is 63.2 Å². The van der Waals surface area contributed by atoms with Gasteiger partial charge in [0.15, 0.2) is 0 Å². The molecule has 2 N–H and O–H groups in total. The summed E-state index contributed by atoms with van der Waals surface area (Å²) in [4.78, 5) is 16.1. The number of aromatic nitrogens is 1. The molecule has 0 radical (unpaired) electrons. The molecule has 0 aromatic carbocycles. The van der Waals surface area contributed by atoms with Gasteiger partial charge in [0.1, 0.15) is 10.2 Å². The molecule has 1 amide bonds. The molecule has 1 unspecified atom stereocenters. The Balaban J connectivity index is 2.36. The molecule has 1 heterocycles. The van der Waals surface area contributed by atoms with Crippen molar-refractivity contribution in [1.29, 1.82) is 0 Å². The highest BCUT2D eigenvalue weighted by atomic mass is 79.9. The van der Waals surface area contributed by atoms with E-state index in [-0.39, 0.29) is 12.1 Å². The van der Waals surface area contributed by atoms with E-state index in [0.29, 0.717) is 13.1 Å². The van der Waals surface area contributed by atoms with Crippen LogP contribution in [0.3, 0.4) is 0 Å². The lowest BCUT2D eigenvalue weighted by Crippen LogP contribution is -2.43. The Morgan fingerprint density at radius 3 is 2.71 bits per heavy atom. The van der Waals surface area contributed by atoms with Crippen molar-refractivity contribution in [3.05, 3.63) is 28.5 Å². The first kappa shape index (κ1) is 17.9. The zero-order valence-corrected chi connectivity index (χ0v) is 14.7. The lowest BCUT2D eigenvalue weighted by molar-refractivity contribution is 0.0502. The van der Waals surface area contributed by atoms with Gasteiger partial charge >= 0.3 is 6.09 Å². The fraction of sp³-hybridized carbons (Fsp3) is 0.600. The van der Waals surface area contributed by atoms with Crippen LogP contribution in [0.2, 0.25) is 0 Å². The highest BCUT2D eigenvalue weighted by Gasteiger charge is 2.18. The molecule has 6 heteroatoms. The molecule has 0 spiro atoms. The first-order valence-electron chi connectivity index (χ1n) is 7.12. The second kappa shape index (κ2) is 8.34. The Morgan fingerprint density at radius 2 is 2.14 bits per heavy atom. The maximum absolute atomic E-state index is 11.7. The summed E-state index contributed by atoms with van der Waals surface area (Å²) in [5.41, 5.74) is 0.479. The Kier molecular flexibility index (Phi) is 7.11. The molecule has 5 nitrogen and oxygen atoms in total. The molecule has 0 aliphatic rings. The van der Waals surface area contributed by atoms with Crippen molar-refractivity contribution < 1.29 is 9.53 Å². The fourth-order valence-electron chi connectivity index (χ4n) is 1.69. The third kappa shape index (κ3) is 8.02. The van der Waals surface area contributed by atoms with Crippen molar-refractivity contribution in [2.24, 2.45) is 0 Å². The summed E-state index contributed by atoms with van der Waals surface area (Å²) in [5, 5.41) is 6.16. The number of carbonyl (C=O) groups excluding carboxylic acids is 1. The summed E-state index contributed by atoms with van der Waals surface area (Å²) in [7, 11) is 0. The summed E-state index contributed by atoms with van der Waals surface area (Å²) in [6.45, 7) is 8.91. The minimum Gasteiger partial charge on any atom is -0.444 e. The van der Waals surface area contributed by atoms with Crippen LogP contribution < -0.4 is 10.6 Å². The molecule has 0 saturated carbocycles. The zero-order valence-electron chi connectivity index (χ0n) is 13.1. The minimum atomic E-state index is -0.476. The minimum absolute atomic E-state index is 0.0343. The van der Waals surface area contributed by atoms with Crippen molar-refractivity contribution in [1.82, 2.24) is 15.6 Å². The van der Waals surface area contributed by atoms with Crippen molar-refractivity contribution in [3.63, 3.8) is 0 Å². The van der Waals surface area contributed by atoms with E-state index in [4.69, 9.17) is 4.74 Å². The van der Waals surface area contributed by atoms with Gasteiger partial charge < -0.3 is 15.4 Å². The molecular weight excluding hydrogens is 334 g/mol. The molecule has 1 rings (SSSR count). The van der Waals surface area contributed by atoms with Crippen LogP contribution in [0.4, 0.5) is 4.79 Å². The number of alkyl carbamates (subject to hydrolysis) is 1. The maximum atomic E-state index is 11.7. The Labute approximate surface area is 135 Å². The van der Waals surface area contributed by atoms with Gasteiger partial charge in [-0.1, -0.05) is 13.0 Å². The van der Waals surface area contributed by atoms with E-state index in [1.54, 1.807) is 0 Å². The Bertz CT molecular complexity index is 460. The number of nitrogens with zero attached hydrogens (tertiary/aromatic N) is 1. The number of pyridine rings is 1. The van der Waals surface area contributed by atoms with Crippen LogP contribution in [-0.4, -0.2) is 29.3 Å². The summed E-state index contributed by atoms with van der Waals surface area (Å²) in [6, 6.07) is 5.83. The van der Waals surface area contributed by atoms with Crippen molar-refractivity contribution in [2.45, 2.75) is 52.3 Å². The van der Waals surface area contributed by atoms with Crippen molar-refractivity contribution in [2.75, 3.05) is 6.54 Å². The van der Waals surface area contributed by atoms with E-state index >= 15 is 0 Å². The molecule has 118 valence electrons. The predicted octanol–water partition coefficient (Wildman–Crippen LogP) is 3.24. The second-order valence-electron chi connectivity index (χ2n) is 5.83. The molecule has 0 bridgehead atoms. The molecule has 1 atom stereocenters. The average Bonchev–Trinajstić information content (AvgIpc) is 2.35. The van der Waals surface area contributed by atoms with E-state index in [1.807, 2.05) is 45.9 Å². The molecule has 0 aliphatic carbocycles. The smallest absolute Gasteiger partial charge is 0.407 e. The normalized spacial score (nSPS) is 12.8. The number of amides is 1. The fourth-order valence-corrected chi connectivity index (χ4v) is 2.08. The number of rotatable bonds is 6. The monoisotopic (exact) mass is 357 g/mol. The van der Waals surface area contributed by atoms with Crippen molar-refractivity contribution >= 4 is 22.0 Å². The number of hydrogen-bond acceptors (Lipinski definition) is 4. The molecule has 1 aromatic heterocycles. The number of halogens is 1. The van der Waals surface area contributed by atoms with Gasteiger partial charge in [0.2, 0.25) is 0 Å². The van der Waals surface area contributed by atoms with E-state index in [9.17, 15) is 4.79 Å². The lowest BCUT2D eigenvalue weighted by Gasteiger charge is -2.23. The van der Waals surface area contributed by atoms with Crippen LogP contribution in [0.15, 0.2) is 22.8 Å². The van der Waals surface area contributed by atoms with Crippen molar-refractivity contribution in [3.8, 4) is 0 Å². The molecule has 0 fully saturated rings. The average molecular weight is 358 g/mol. The van der Waals surface area contributed by atoms with Crippen LogP contribution in [-0.2, 0) is 11.3 Å². The number of nitrogens with one attached hydrogen (secondary N) is 2. The molecular formula is C15H24BrN3O2. The SMILES string of the molecule is CCC(CNCc1cccc(Br)n1)NC(=O)OC(C)(C)C. The van der Waals surface area contributed by atoms with E-state index in [2.05, 4.69) is 31.5 Å². The van der Waals surface area contributed by atoms with Gasteiger partial charge in [0.25, 0.3) is 0 Å². The van der Waals surface area contributed by atoms with Crippen LogP contribution in [0, 0.1) is 0 Å². The van der Waals surface area contributed by atoms with Gasteiger partial charge in [-0.15, -0.1) is 0 Å². The van der Waals surface area contributed by atoms with Gasteiger partial charge in [-0.2, -0.15) is 0 Å². The van der Waals surface area contributed by atoms with E-state index in [0.717, 1.165) is 16.7 Å². The standard InChI is InChI=1S/C15H24BrN3O2/c1-5-11(19-14(20)21-15(2,3)4)9-17-10-12-7-6-8-13(16)18-12/h6-8,11,17H,5,9-10H2,1-4H3,(H,19,20). The molecule has 21 heavy (non-hydrogen) atoms. The molecule has 0 aliphatic heterocycles. The molecule has 1 aromatic rings. The summed E-state index contributed by atoms with van der Waals surface area (Å²) < 4.78 is 6.07. The van der Waals surface area contributed by atoms with Crippen LogP contribution in [0.5, 0.6) is 0 Å². The number of carbonyl (C=O) groups is 1. The summed E-state index contributed by atoms with van der Waals surface area (Å²) in [6.07, 6.45) is 0.453. The van der Waals surface area contributed by atoms with E-state index < -0.39 is 5.60 Å². The maximum Gasteiger partial charge on any atom is 0.407 e. The third-order valence-corrected chi connectivity index (χ3v) is 3.12. The van der Waals surface area contributed by atoms with Gasteiger partial charge in [0, 0.05) is 19.1 Å². The van der Waals surface area contributed by atoms with Gasteiger partial charge in [0.05, 0.1) is 5.69 Å². The zero-order chi connectivity index (χ0) is 15.9. The van der Waals surface area contributed by atoms with Crippen LogP contribution in [0.1, 0.15) is 39.8 Å². The summed E-state index contributed by atoms with van der Waals surface area (Å²) >= 11 is 3.34. The first-order chi connectivity index (χ1) is 9.80. The van der Waals surface area contributed by atoms with E-state index in [1.165, 1.54) is 0 Å². The van der Waals surface area contributed by atoms with Gasteiger partial charge in [-0.25, -0.2) is 9.78 Å². The third-order valence-electron chi connectivity index (χ3n) is 2.68. The lowest BCUT2D eigenvalue weighted by atomic mass is 10.2. The second-order valence-corrected chi connectivity index (χ2v) is 6.65. The number of hydrogen-bond donors (Lipinski definition) is 2. The van der Waals surface area contributed by atoms with Crippen LogP contribution >= 0.6 is 15.9 Å². The first-order valence-corrected chi connectivity index (χ1v) is 7.91. The largest absolute Gasteiger partial charge is 0.444 e. The Hall–Kier alpha value is -1.14.